The van der Waals surface area contributed by atoms with Gasteiger partial charge in [-0.25, -0.2) is 0 Å². The first kappa shape index (κ1) is 24.2. The van der Waals surface area contributed by atoms with Crippen LogP contribution in [0.1, 0.15) is 73.0 Å². The number of methoxy groups -OCH3 is 1. The Balaban J connectivity index is 0.000000447. The van der Waals surface area contributed by atoms with Gasteiger partial charge in [-0.1, -0.05) is 82.7 Å². The Morgan fingerprint density at radius 1 is 1.07 bits per heavy atom. The minimum Gasteiger partial charge on any atom is -0.513 e. The molecule has 0 atom stereocenters. The fraction of sp³-hybridized carbons (Fsp3) is 0.346. The van der Waals surface area contributed by atoms with E-state index in [2.05, 4.69) is 27.0 Å². The van der Waals surface area contributed by atoms with Crippen molar-refractivity contribution in [2.75, 3.05) is 7.11 Å². The number of carbonyl (C=O) groups excluding carboxylic acids is 1. The van der Waals surface area contributed by atoms with E-state index in [0.29, 0.717) is 17.1 Å². The normalized spacial score (nSPS) is 9.90. The molecular formula is C26H34O3. The van der Waals surface area contributed by atoms with E-state index in [4.69, 9.17) is 9.84 Å². The minimum atomic E-state index is 0.0212. The van der Waals surface area contributed by atoms with Crippen molar-refractivity contribution in [1.82, 2.24) is 0 Å². The highest BCUT2D eigenvalue weighted by atomic mass is 16.5. The number of rotatable bonds is 10. The van der Waals surface area contributed by atoms with E-state index in [1.54, 1.807) is 19.3 Å². The van der Waals surface area contributed by atoms with Gasteiger partial charge in [-0.05, 0) is 36.1 Å². The molecule has 2 rings (SSSR count). The van der Waals surface area contributed by atoms with E-state index >= 15 is 0 Å². The van der Waals surface area contributed by atoms with Gasteiger partial charge in [0.25, 0.3) is 0 Å². The Morgan fingerprint density at radius 2 is 1.79 bits per heavy atom. The second-order valence-electron chi connectivity index (χ2n) is 6.92. The molecule has 0 bridgehead atoms. The number of ketones is 1. The lowest BCUT2D eigenvalue weighted by Gasteiger charge is -2.11. The zero-order chi connectivity index (χ0) is 21.6. The quantitative estimate of drug-likeness (QED) is 0.264. The molecule has 3 heteroatoms. The first-order valence-electron chi connectivity index (χ1n) is 10.3. The van der Waals surface area contributed by atoms with Crippen LogP contribution >= 0.6 is 0 Å². The van der Waals surface area contributed by atoms with Gasteiger partial charge in [-0.3, -0.25) is 4.79 Å². The summed E-state index contributed by atoms with van der Waals surface area (Å²) in [5.41, 5.74) is 3.30. The molecule has 1 N–H and O–H groups in total. The van der Waals surface area contributed by atoms with Crippen LogP contribution in [0, 0.1) is 0 Å². The van der Waals surface area contributed by atoms with E-state index in [0.717, 1.165) is 42.4 Å². The van der Waals surface area contributed by atoms with E-state index in [9.17, 15) is 4.79 Å². The Bertz CT molecular complexity index is 805. The van der Waals surface area contributed by atoms with Crippen LogP contribution in [0.4, 0.5) is 0 Å². The highest BCUT2D eigenvalue weighted by Gasteiger charge is 2.16. The predicted octanol–water partition coefficient (Wildman–Crippen LogP) is 7.16. The predicted molar refractivity (Wildman–Crippen MR) is 123 cm³/mol. The van der Waals surface area contributed by atoms with Crippen molar-refractivity contribution in [3.8, 4) is 5.75 Å². The Hall–Kier alpha value is -2.81. The van der Waals surface area contributed by atoms with Crippen molar-refractivity contribution in [1.29, 1.82) is 0 Å². The van der Waals surface area contributed by atoms with Gasteiger partial charge in [-0.15, -0.1) is 0 Å². The summed E-state index contributed by atoms with van der Waals surface area (Å²) in [6, 6.07) is 13.3. The largest absolute Gasteiger partial charge is 0.513 e. The Labute approximate surface area is 175 Å². The van der Waals surface area contributed by atoms with Crippen LogP contribution < -0.4 is 4.74 Å². The smallest absolute Gasteiger partial charge is 0.194 e. The van der Waals surface area contributed by atoms with Crippen LogP contribution in [-0.4, -0.2) is 18.0 Å². The summed E-state index contributed by atoms with van der Waals surface area (Å²) in [4.78, 5) is 12.9. The van der Waals surface area contributed by atoms with Gasteiger partial charge < -0.3 is 9.84 Å². The fourth-order valence-corrected chi connectivity index (χ4v) is 2.99. The molecule has 0 fully saturated rings. The zero-order valence-corrected chi connectivity index (χ0v) is 18.0. The van der Waals surface area contributed by atoms with Crippen molar-refractivity contribution >= 4 is 11.9 Å². The molecule has 0 aliphatic rings. The molecule has 0 radical (unpaired) electrons. The molecule has 0 heterocycles. The second kappa shape index (κ2) is 13.4. The number of carbonyl (C=O) groups is 1. The lowest BCUT2D eigenvalue weighted by molar-refractivity contribution is 0.103. The maximum atomic E-state index is 12.9. The number of unbranched alkanes of at least 4 members (excludes halogenated alkanes) is 2. The molecule has 0 spiro atoms. The molecular weight excluding hydrogens is 360 g/mol. The number of ether oxygens (including phenoxy) is 1. The summed E-state index contributed by atoms with van der Waals surface area (Å²) in [7, 11) is 1.60. The Kier molecular flexibility index (Phi) is 11.2. The molecule has 156 valence electrons. The molecule has 0 aliphatic carbocycles. The number of hydrogen-bond donors (Lipinski definition) is 1. The van der Waals surface area contributed by atoms with E-state index < -0.39 is 0 Å². The topological polar surface area (TPSA) is 46.5 Å². The monoisotopic (exact) mass is 394 g/mol. The summed E-state index contributed by atoms with van der Waals surface area (Å²) in [6.07, 6.45) is 7.85. The van der Waals surface area contributed by atoms with Gasteiger partial charge in [0.1, 0.15) is 5.75 Å². The van der Waals surface area contributed by atoms with Crippen molar-refractivity contribution in [3.05, 3.63) is 83.6 Å². The average molecular weight is 395 g/mol. The van der Waals surface area contributed by atoms with Crippen molar-refractivity contribution < 1.29 is 14.6 Å². The second-order valence-corrected chi connectivity index (χ2v) is 6.92. The van der Waals surface area contributed by atoms with Crippen LogP contribution in [0.15, 0.2) is 61.4 Å². The molecule has 0 aromatic heterocycles. The summed E-state index contributed by atoms with van der Waals surface area (Å²) < 4.78 is 5.23. The maximum Gasteiger partial charge on any atom is 0.194 e. The van der Waals surface area contributed by atoms with Gasteiger partial charge in [0.2, 0.25) is 0 Å². The third-order valence-electron chi connectivity index (χ3n) is 4.58. The van der Waals surface area contributed by atoms with Gasteiger partial charge >= 0.3 is 0 Å². The van der Waals surface area contributed by atoms with Crippen molar-refractivity contribution in [3.63, 3.8) is 0 Å². The molecule has 3 nitrogen and oxygen atoms in total. The molecule has 0 saturated carbocycles. The SMILES string of the molecule is C=C(O)CCCCC.C=Cc1ccc(OC)cc1C(=O)c1ccccc1CCC. The first-order chi connectivity index (χ1) is 14.0. The number of aryl methyl sites for hydroxylation is 1. The molecule has 0 saturated heterocycles. The van der Waals surface area contributed by atoms with E-state index in [1.807, 2.05) is 36.4 Å². The molecule has 0 unspecified atom stereocenters. The summed E-state index contributed by atoms with van der Waals surface area (Å²) in [6.45, 7) is 11.4. The van der Waals surface area contributed by atoms with Crippen LogP contribution in [0.2, 0.25) is 0 Å². The third-order valence-corrected chi connectivity index (χ3v) is 4.58. The number of allylic oxidation sites excluding steroid dienone is 1. The molecule has 2 aromatic carbocycles. The molecule has 2 aromatic rings. The average Bonchev–Trinajstić information content (AvgIpc) is 2.74. The van der Waals surface area contributed by atoms with Gasteiger partial charge in [-0.2, -0.15) is 0 Å². The van der Waals surface area contributed by atoms with Crippen molar-refractivity contribution in [2.45, 2.75) is 52.4 Å². The molecule has 0 aliphatic heterocycles. The summed E-state index contributed by atoms with van der Waals surface area (Å²) in [5.74, 6) is 1.02. The minimum absolute atomic E-state index is 0.0212. The number of aliphatic hydroxyl groups excluding tert-OH is 1. The van der Waals surface area contributed by atoms with E-state index in [1.165, 1.54) is 12.8 Å². The number of hydrogen-bond acceptors (Lipinski definition) is 3. The lowest BCUT2D eigenvalue weighted by Crippen LogP contribution is -2.07. The molecule has 29 heavy (non-hydrogen) atoms. The highest BCUT2D eigenvalue weighted by Crippen LogP contribution is 2.23. The lowest BCUT2D eigenvalue weighted by atomic mass is 9.93. The standard InChI is InChI=1S/C19H20O2.C7H14O/c1-4-8-15-9-6-7-10-17(15)19(20)18-13-16(21-3)12-11-14(18)5-2;1-3-4-5-6-7(2)8/h5-7,9-13H,2,4,8H2,1,3H3;8H,2-6H2,1H3. The van der Waals surface area contributed by atoms with Crippen molar-refractivity contribution in [2.24, 2.45) is 0 Å². The third kappa shape index (κ3) is 7.98. The number of benzene rings is 2. The van der Waals surface area contributed by atoms with Gasteiger partial charge in [0, 0.05) is 17.5 Å². The fourth-order valence-electron chi connectivity index (χ4n) is 2.99. The van der Waals surface area contributed by atoms with E-state index in [-0.39, 0.29) is 5.78 Å². The molecule has 0 amide bonds. The number of aliphatic hydroxyl groups is 1. The van der Waals surface area contributed by atoms with Crippen LogP contribution in [0.25, 0.3) is 6.08 Å². The van der Waals surface area contributed by atoms with Gasteiger partial charge in [0.05, 0.1) is 12.9 Å². The first-order valence-corrected chi connectivity index (χ1v) is 10.3. The van der Waals surface area contributed by atoms with Crippen LogP contribution in [-0.2, 0) is 6.42 Å². The van der Waals surface area contributed by atoms with Gasteiger partial charge in [0.15, 0.2) is 5.78 Å². The summed E-state index contributed by atoms with van der Waals surface area (Å²) >= 11 is 0. The van der Waals surface area contributed by atoms with Crippen LogP contribution in [0.3, 0.4) is 0 Å². The maximum absolute atomic E-state index is 12.9. The zero-order valence-electron chi connectivity index (χ0n) is 18.0. The van der Waals surface area contributed by atoms with Crippen LogP contribution in [0.5, 0.6) is 5.75 Å². The highest BCUT2D eigenvalue weighted by molar-refractivity contribution is 6.12. The Morgan fingerprint density at radius 3 is 2.38 bits per heavy atom. The summed E-state index contributed by atoms with van der Waals surface area (Å²) in [5, 5.41) is 8.58.